The van der Waals surface area contributed by atoms with Crippen molar-refractivity contribution in [3.05, 3.63) is 89.2 Å². The van der Waals surface area contributed by atoms with Gasteiger partial charge in [0.05, 0.1) is 13.2 Å². The lowest BCUT2D eigenvalue weighted by atomic mass is 10.1. The Hall–Kier alpha value is -4.31. The van der Waals surface area contributed by atoms with Crippen LogP contribution in [0.2, 0.25) is 0 Å². The molecule has 0 aliphatic heterocycles. The molecule has 174 valence electrons. The third-order valence-electron chi connectivity index (χ3n) is 4.65. The monoisotopic (exact) mass is 460 g/mol. The standard InChI is InChI=1S/C27H25FN2O4/c1-3-32-24-7-5-6-23(16-24)30-27(31)21(17-29)14-20-10-13-25(26(15-20)33-4-2)34-18-19-8-11-22(28)12-9-19/h5-16H,3-4,18H2,1-2H3,(H,30,31)/b21-14-. The summed E-state index contributed by atoms with van der Waals surface area (Å²) in [6.07, 6.45) is 1.48. The zero-order valence-corrected chi connectivity index (χ0v) is 19.0. The molecule has 0 saturated heterocycles. The number of nitriles is 1. The SMILES string of the molecule is CCOc1cccc(NC(=O)/C(C#N)=C\c2ccc(OCc3ccc(F)cc3)c(OCC)c2)c1. The number of hydrogen-bond donors (Lipinski definition) is 1. The molecule has 6 nitrogen and oxygen atoms in total. The Bertz CT molecular complexity index is 1200. The van der Waals surface area contributed by atoms with Crippen LogP contribution < -0.4 is 19.5 Å². The molecule has 0 radical (unpaired) electrons. The van der Waals surface area contributed by atoms with Gasteiger partial charge in [-0.05, 0) is 67.4 Å². The van der Waals surface area contributed by atoms with Gasteiger partial charge in [0.25, 0.3) is 5.91 Å². The molecule has 0 saturated carbocycles. The Morgan fingerprint density at radius 3 is 2.44 bits per heavy atom. The molecule has 0 aliphatic rings. The van der Waals surface area contributed by atoms with E-state index in [1.165, 1.54) is 18.2 Å². The van der Waals surface area contributed by atoms with E-state index in [1.54, 1.807) is 54.6 Å². The lowest BCUT2D eigenvalue weighted by molar-refractivity contribution is -0.112. The Morgan fingerprint density at radius 2 is 1.74 bits per heavy atom. The number of nitrogens with zero attached hydrogens (tertiary/aromatic N) is 1. The van der Waals surface area contributed by atoms with Crippen molar-refractivity contribution < 1.29 is 23.4 Å². The molecule has 0 unspecified atom stereocenters. The molecule has 1 amide bonds. The second kappa shape index (κ2) is 12.1. The molecular formula is C27H25FN2O4. The van der Waals surface area contributed by atoms with E-state index < -0.39 is 5.91 Å². The van der Waals surface area contributed by atoms with Crippen LogP contribution >= 0.6 is 0 Å². The fourth-order valence-electron chi connectivity index (χ4n) is 3.09. The minimum Gasteiger partial charge on any atom is -0.494 e. The highest BCUT2D eigenvalue weighted by Crippen LogP contribution is 2.30. The van der Waals surface area contributed by atoms with E-state index in [0.29, 0.717) is 41.7 Å². The second-order valence-corrected chi connectivity index (χ2v) is 7.14. The smallest absolute Gasteiger partial charge is 0.266 e. The van der Waals surface area contributed by atoms with Crippen molar-refractivity contribution in [3.8, 4) is 23.3 Å². The van der Waals surface area contributed by atoms with Crippen molar-refractivity contribution in [2.24, 2.45) is 0 Å². The molecular weight excluding hydrogens is 435 g/mol. The number of anilines is 1. The number of ether oxygens (including phenoxy) is 3. The predicted molar refractivity (Wildman–Crippen MR) is 128 cm³/mol. The van der Waals surface area contributed by atoms with Gasteiger partial charge in [-0.25, -0.2) is 4.39 Å². The summed E-state index contributed by atoms with van der Waals surface area (Å²) in [7, 11) is 0. The first-order chi connectivity index (χ1) is 16.5. The molecule has 0 aromatic heterocycles. The van der Waals surface area contributed by atoms with Gasteiger partial charge in [0.2, 0.25) is 0 Å². The number of carbonyl (C=O) groups excluding carboxylic acids is 1. The molecule has 7 heteroatoms. The van der Waals surface area contributed by atoms with Gasteiger partial charge in [0.1, 0.15) is 29.8 Å². The molecule has 0 fully saturated rings. The summed E-state index contributed by atoms with van der Waals surface area (Å²) in [4.78, 5) is 12.7. The van der Waals surface area contributed by atoms with E-state index >= 15 is 0 Å². The average molecular weight is 461 g/mol. The van der Waals surface area contributed by atoms with Gasteiger partial charge >= 0.3 is 0 Å². The van der Waals surface area contributed by atoms with Crippen LogP contribution in [0.25, 0.3) is 6.08 Å². The Balaban J connectivity index is 1.76. The Morgan fingerprint density at radius 1 is 0.971 bits per heavy atom. The lowest BCUT2D eigenvalue weighted by Gasteiger charge is -2.13. The highest BCUT2D eigenvalue weighted by Gasteiger charge is 2.12. The quantitative estimate of drug-likeness (QED) is 0.308. The normalized spacial score (nSPS) is 10.8. The molecule has 0 spiro atoms. The maximum Gasteiger partial charge on any atom is 0.266 e. The van der Waals surface area contributed by atoms with Crippen LogP contribution in [-0.2, 0) is 11.4 Å². The zero-order chi connectivity index (χ0) is 24.3. The van der Waals surface area contributed by atoms with Crippen LogP contribution in [0.4, 0.5) is 10.1 Å². The summed E-state index contributed by atoms with van der Waals surface area (Å²) >= 11 is 0. The third kappa shape index (κ3) is 6.84. The summed E-state index contributed by atoms with van der Waals surface area (Å²) in [6, 6.07) is 20.1. The van der Waals surface area contributed by atoms with Gasteiger partial charge in [-0.15, -0.1) is 0 Å². The van der Waals surface area contributed by atoms with Crippen LogP contribution in [0.15, 0.2) is 72.3 Å². The van der Waals surface area contributed by atoms with E-state index in [0.717, 1.165) is 5.56 Å². The van der Waals surface area contributed by atoms with Crippen molar-refractivity contribution in [1.29, 1.82) is 5.26 Å². The summed E-state index contributed by atoms with van der Waals surface area (Å²) < 4.78 is 30.1. The molecule has 3 rings (SSSR count). The molecule has 0 heterocycles. The fourth-order valence-corrected chi connectivity index (χ4v) is 3.09. The van der Waals surface area contributed by atoms with E-state index in [9.17, 15) is 14.4 Å². The lowest BCUT2D eigenvalue weighted by Crippen LogP contribution is -2.13. The maximum absolute atomic E-state index is 13.1. The first kappa shape index (κ1) is 24.3. The van der Waals surface area contributed by atoms with Crippen LogP contribution in [0.1, 0.15) is 25.0 Å². The van der Waals surface area contributed by atoms with E-state index in [-0.39, 0.29) is 18.0 Å². The summed E-state index contributed by atoms with van der Waals surface area (Å²) in [5.41, 5.74) is 1.87. The topological polar surface area (TPSA) is 80.6 Å². The van der Waals surface area contributed by atoms with Gasteiger partial charge in [0.15, 0.2) is 11.5 Å². The average Bonchev–Trinajstić information content (AvgIpc) is 2.83. The highest BCUT2D eigenvalue weighted by molar-refractivity contribution is 6.09. The number of nitrogens with one attached hydrogen (secondary N) is 1. The number of benzene rings is 3. The fraction of sp³-hybridized carbons (Fsp3) is 0.185. The molecule has 0 aliphatic carbocycles. The van der Waals surface area contributed by atoms with Gasteiger partial charge in [-0.3, -0.25) is 4.79 Å². The number of rotatable bonds is 10. The first-order valence-electron chi connectivity index (χ1n) is 10.8. The van der Waals surface area contributed by atoms with Crippen molar-refractivity contribution in [3.63, 3.8) is 0 Å². The molecule has 0 atom stereocenters. The zero-order valence-electron chi connectivity index (χ0n) is 19.0. The van der Waals surface area contributed by atoms with Crippen molar-refractivity contribution in [2.45, 2.75) is 20.5 Å². The molecule has 0 bridgehead atoms. The van der Waals surface area contributed by atoms with Crippen LogP contribution in [0.5, 0.6) is 17.2 Å². The molecule has 1 N–H and O–H groups in total. The van der Waals surface area contributed by atoms with Crippen molar-refractivity contribution >= 4 is 17.7 Å². The molecule has 34 heavy (non-hydrogen) atoms. The largest absolute Gasteiger partial charge is 0.494 e. The Labute approximate surface area is 198 Å². The summed E-state index contributed by atoms with van der Waals surface area (Å²) in [5, 5.41) is 12.3. The first-order valence-corrected chi connectivity index (χ1v) is 10.8. The van der Waals surface area contributed by atoms with Gasteiger partial charge in [-0.2, -0.15) is 5.26 Å². The maximum atomic E-state index is 13.1. The molecule has 3 aromatic rings. The van der Waals surface area contributed by atoms with Gasteiger partial charge < -0.3 is 19.5 Å². The van der Waals surface area contributed by atoms with Crippen molar-refractivity contribution in [2.75, 3.05) is 18.5 Å². The van der Waals surface area contributed by atoms with Crippen molar-refractivity contribution in [1.82, 2.24) is 0 Å². The third-order valence-corrected chi connectivity index (χ3v) is 4.65. The molecule has 3 aromatic carbocycles. The van der Waals surface area contributed by atoms with Gasteiger partial charge in [0, 0.05) is 11.8 Å². The number of amides is 1. The van der Waals surface area contributed by atoms with Crippen LogP contribution in [0.3, 0.4) is 0 Å². The number of halogens is 1. The van der Waals surface area contributed by atoms with Gasteiger partial charge in [-0.1, -0.05) is 24.3 Å². The number of carbonyl (C=O) groups is 1. The second-order valence-electron chi connectivity index (χ2n) is 7.14. The van der Waals surface area contributed by atoms with E-state index in [2.05, 4.69) is 5.32 Å². The summed E-state index contributed by atoms with van der Waals surface area (Å²) in [6.45, 7) is 4.87. The summed E-state index contributed by atoms with van der Waals surface area (Å²) in [5.74, 6) is 0.750. The predicted octanol–water partition coefficient (Wildman–Crippen LogP) is 5.75. The van der Waals surface area contributed by atoms with Crippen LogP contribution in [0, 0.1) is 17.1 Å². The van der Waals surface area contributed by atoms with Crippen LogP contribution in [-0.4, -0.2) is 19.1 Å². The minimum absolute atomic E-state index is 0.0655. The number of hydrogen-bond acceptors (Lipinski definition) is 5. The highest BCUT2D eigenvalue weighted by atomic mass is 19.1. The minimum atomic E-state index is -0.536. The Kier molecular flexibility index (Phi) is 8.64. The van der Waals surface area contributed by atoms with E-state index in [1.807, 2.05) is 19.9 Å². The van der Waals surface area contributed by atoms with E-state index in [4.69, 9.17) is 14.2 Å².